The summed E-state index contributed by atoms with van der Waals surface area (Å²) in [5, 5.41) is 3.11. The molecule has 1 fully saturated rings. The highest BCUT2D eigenvalue weighted by Gasteiger charge is 2.31. The molecule has 2 aromatic carbocycles. The maximum atomic E-state index is 6.48. The molecule has 0 unspecified atom stereocenters. The van der Waals surface area contributed by atoms with Gasteiger partial charge < -0.3 is 5.73 Å². The maximum absolute atomic E-state index is 6.48. The van der Waals surface area contributed by atoms with Crippen LogP contribution in [0.4, 0.5) is 0 Å². The minimum absolute atomic E-state index is 0.115. The fourth-order valence-corrected chi connectivity index (χ4v) is 3.09. The Hall–Kier alpha value is -1.05. The SMILES string of the molecule is NC1(c2ccc3c(Cl)cccc3c2)CCCC1. The van der Waals surface area contributed by atoms with Gasteiger partial charge in [0.2, 0.25) is 0 Å². The number of nitrogens with two attached hydrogens (primary N) is 1. The molecule has 0 bridgehead atoms. The Balaban J connectivity index is 2.14. The molecular weight excluding hydrogens is 230 g/mol. The third-order valence-corrected chi connectivity index (χ3v) is 4.23. The van der Waals surface area contributed by atoms with Gasteiger partial charge in [-0.05, 0) is 35.9 Å². The Bertz CT molecular complexity index is 556. The van der Waals surface area contributed by atoms with Crippen LogP contribution in [0.25, 0.3) is 10.8 Å². The molecule has 1 aliphatic rings. The Kier molecular flexibility index (Phi) is 2.61. The molecule has 88 valence electrons. The summed E-state index contributed by atoms with van der Waals surface area (Å²) < 4.78 is 0. The Morgan fingerprint density at radius 1 is 1.06 bits per heavy atom. The van der Waals surface area contributed by atoms with E-state index >= 15 is 0 Å². The summed E-state index contributed by atoms with van der Waals surface area (Å²) in [6, 6.07) is 12.5. The maximum Gasteiger partial charge on any atom is 0.0484 e. The predicted octanol–water partition coefficient (Wildman–Crippen LogP) is 4.22. The van der Waals surface area contributed by atoms with Crippen molar-refractivity contribution in [1.82, 2.24) is 0 Å². The number of hydrogen-bond acceptors (Lipinski definition) is 1. The Morgan fingerprint density at radius 3 is 2.59 bits per heavy atom. The van der Waals surface area contributed by atoms with Crippen molar-refractivity contribution in [2.75, 3.05) is 0 Å². The van der Waals surface area contributed by atoms with Crippen LogP contribution in [0, 0.1) is 0 Å². The lowest BCUT2D eigenvalue weighted by molar-refractivity contribution is 0.462. The first-order valence-corrected chi connectivity index (χ1v) is 6.54. The van der Waals surface area contributed by atoms with E-state index in [9.17, 15) is 0 Å². The van der Waals surface area contributed by atoms with Crippen LogP contribution < -0.4 is 5.73 Å². The van der Waals surface area contributed by atoms with Gasteiger partial charge in [-0.2, -0.15) is 0 Å². The number of benzene rings is 2. The summed E-state index contributed by atoms with van der Waals surface area (Å²) in [7, 11) is 0. The number of rotatable bonds is 1. The topological polar surface area (TPSA) is 26.0 Å². The van der Waals surface area contributed by atoms with Gasteiger partial charge in [0, 0.05) is 15.9 Å². The number of hydrogen-bond donors (Lipinski definition) is 1. The third kappa shape index (κ3) is 1.84. The van der Waals surface area contributed by atoms with Crippen molar-refractivity contribution in [2.45, 2.75) is 31.2 Å². The molecule has 1 saturated carbocycles. The fraction of sp³-hybridized carbons (Fsp3) is 0.333. The van der Waals surface area contributed by atoms with Crippen molar-refractivity contribution in [3.63, 3.8) is 0 Å². The van der Waals surface area contributed by atoms with Gasteiger partial charge in [-0.15, -0.1) is 0 Å². The van der Waals surface area contributed by atoms with Gasteiger partial charge in [-0.3, -0.25) is 0 Å². The van der Waals surface area contributed by atoms with Crippen LogP contribution in [0.3, 0.4) is 0 Å². The minimum Gasteiger partial charge on any atom is -0.321 e. The van der Waals surface area contributed by atoms with Crippen LogP contribution in [0.2, 0.25) is 5.02 Å². The normalized spacial score (nSPS) is 18.7. The molecule has 0 radical (unpaired) electrons. The van der Waals surface area contributed by atoms with Crippen molar-refractivity contribution in [2.24, 2.45) is 5.73 Å². The summed E-state index contributed by atoms with van der Waals surface area (Å²) >= 11 is 6.17. The summed E-state index contributed by atoms with van der Waals surface area (Å²) in [6.45, 7) is 0. The first kappa shape index (κ1) is 11.1. The predicted molar refractivity (Wildman–Crippen MR) is 73.3 cm³/mol. The van der Waals surface area contributed by atoms with Gasteiger partial charge in [0.05, 0.1) is 0 Å². The number of halogens is 1. The summed E-state index contributed by atoms with van der Waals surface area (Å²) in [5.74, 6) is 0. The average molecular weight is 246 g/mol. The van der Waals surface area contributed by atoms with E-state index in [1.165, 1.54) is 23.8 Å². The highest BCUT2D eigenvalue weighted by Crippen LogP contribution is 2.37. The van der Waals surface area contributed by atoms with E-state index in [1.807, 2.05) is 12.1 Å². The molecule has 0 spiro atoms. The van der Waals surface area contributed by atoms with Gasteiger partial charge >= 0.3 is 0 Å². The van der Waals surface area contributed by atoms with Crippen LogP contribution in [-0.4, -0.2) is 0 Å². The lowest BCUT2D eigenvalue weighted by Gasteiger charge is -2.24. The van der Waals surface area contributed by atoms with Crippen LogP contribution in [0.1, 0.15) is 31.2 Å². The van der Waals surface area contributed by atoms with Crippen LogP contribution in [0.15, 0.2) is 36.4 Å². The lowest BCUT2D eigenvalue weighted by atomic mass is 9.88. The van der Waals surface area contributed by atoms with Crippen LogP contribution >= 0.6 is 11.6 Å². The molecule has 0 atom stereocenters. The number of fused-ring (bicyclic) bond motifs is 1. The highest BCUT2D eigenvalue weighted by atomic mass is 35.5. The molecule has 0 aromatic heterocycles. The van der Waals surface area contributed by atoms with Crippen LogP contribution in [0.5, 0.6) is 0 Å². The fourth-order valence-electron chi connectivity index (χ4n) is 2.85. The lowest BCUT2D eigenvalue weighted by Crippen LogP contribution is -2.32. The molecule has 2 heteroatoms. The van der Waals surface area contributed by atoms with Gasteiger partial charge in [0.25, 0.3) is 0 Å². The summed E-state index contributed by atoms with van der Waals surface area (Å²) in [6.07, 6.45) is 4.67. The molecule has 1 aliphatic carbocycles. The van der Waals surface area contributed by atoms with E-state index in [-0.39, 0.29) is 5.54 Å². The van der Waals surface area contributed by atoms with Crippen molar-refractivity contribution < 1.29 is 0 Å². The largest absolute Gasteiger partial charge is 0.321 e. The molecule has 2 N–H and O–H groups in total. The van der Waals surface area contributed by atoms with Crippen molar-refractivity contribution in [1.29, 1.82) is 0 Å². The van der Waals surface area contributed by atoms with Gasteiger partial charge in [0.1, 0.15) is 0 Å². The van der Waals surface area contributed by atoms with E-state index < -0.39 is 0 Å². The molecule has 0 heterocycles. The quantitative estimate of drug-likeness (QED) is 0.800. The van der Waals surface area contributed by atoms with Crippen molar-refractivity contribution in [3.05, 3.63) is 47.0 Å². The molecule has 1 nitrogen and oxygen atoms in total. The third-order valence-electron chi connectivity index (χ3n) is 3.90. The molecule has 0 saturated heterocycles. The van der Waals surface area contributed by atoms with Crippen LogP contribution in [-0.2, 0) is 5.54 Å². The van der Waals surface area contributed by atoms with Crippen molar-refractivity contribution in [3.8, 4) is 0 Å². The Labute approximate surface area is 107 Å². The van der Waals surface area contributed by atoms with E-state index in [0.29, 0.717) is 0 Å². The van der Waals surface area contributed by atoms with E-state index in [0.717, 1.165) is 23.3 Å². The first-order valence-electron chi connectivity index (χ1n) is 6.17. The highest BCUT2D eigenvalue weighted by molar-refractivity contribution is 6.35. The van der Waals surface area contributed by atoms with E-state index in [4.69, 9.17) is 17.3 Å². The molecule has 17 heavy (non-hydrogen) atoms. The van der Waals surface area contributed by atoms with E-state index in [2.05, 4.69) is 24.3 Å². The molecule has 2 aromatic rings. The molecule has 0 amide bonds. The minimum atomic E-state index is -0.115. The average Bonchev–Trinajstić information content (AvgIpc) is 2.77. The second-order valence-electron chi connectivity index (χ2n) is 5.04. The zero-order valence-electron chi connectivity index (χ0n) is 9.75. The monoisotopic (exact) mass is 245 g/mol. The summed E-state index contributed by atoms with van der Waals surface area (Å²) in [4.78, 5) is 0. The van der Waals surface area contributed by atoms with Crippen molar-refractivity contribution >= 4 is 22.4 Å². The van der Waals surface area contributed by atoms with Gasteiger partial charge in [-0.25, -0.2) is 0 Å². The molecular formula is C15H16ClN. The molecule has 3 rings (SSSR count). The second-order valence-corrected chi connectivity index (χ2v) is 5.45. The van der Waals surface area contributed by atoms with Gasteiger partial charge in [0.15, 0.2) is 0 Å². The first-order chi connectivity index (χ1) is 8.19. The summed E-state index contributed by atoms with van der Waals surface area (Å²) in [5.41, 5.74) is 7.62. The van der Waals surface area contributed by atoms with Gasteiger partial charge in [-0.1, -0.05) is 48.7 Å². The molecule has 0 aliphatic heterocycles. The second kappa shape index (κ2) is 4.01. The standard InChI is InChI=1S/C15H16ClN/c16-14-5-3-4-11-10-12(6-7-13(11)14)15(17)8-1-2-9-15/h3-7,10H,1-2,8-9,17H2. The zero-order valence-corrected chi connectivity index (χ0v) is 10.5. The zero-order chi connectivity index (χ0) is 11.9. The Morgan fingerprint density at radius 2 is 1.82 bits per heavy atom. The smallest absolute Gasteiger partial charge is 0.0484 e. The van der Waals surface area contributed by atoms with E-state index in [1.54, 1.807) is 0 Å².